The van der Waals surface area contributed by atoms with Gasteiger partial charge in [0.05, 0.1) is 13.1 Å². The fraction of sp³-hybridized carbons (Fsp3) is 0.273. The summed E-state index contributed by atoms with van der Waals surface area (Å²) in [6.07, 6.45) is 3.17. The Bertz CT molecular complexity index is 226. The lowest BCUT2D eigenvalue weighted by Crippen LogP contribution is -2.18. The highest BCUT2D eigenvalue weighted by Gasteiger charge is 1.88. The van der Waals surface area contributed by atoms with Gasteiger partial charge in [-0.1, -0.05) is 36.8 Å². The van der Waals surface area contributed by atoms with Crippen LogP contribution in [0.25, 0.3) is 0 Å². The van der Waals surface area contributed by atoms with E-state index in [4.69, 9.17) is 0 Å². The highest BCUT2D eigenvalue weighted by molar-refractivity contribution is 5.15. The maximum Gasteiger partial charge on any atom is 0.0610 e. The topological polar surface area (TPSA) is 3.24 Å². The number of rotatable bonds is 2. The molecule has 0 aromatic carbocycles. The third-order valence-corrected chi connectivity index (χ3v) is 1.11. The van der Waals surface area contributed by atoms with Gasteiger partial charge in [-0.05, 0) is 19.2 Å². The Morgan fingerprint density at radius 1 is 1.08 bits per heavy atom. The van der Waals surface area contributed by atoms with Gasteiger partial charge in [-0.25, -0.2) is 0 Å². The maximum absolute atomic E-state index is 3.50. The van der Waals surface area contributed by atoms with E-state index >= 15 is 0 Å². The largest absolute Gasteiger partial charge is 0.284 e. The second-order valence-electron chi connectivity index (χ2n) is 2.22. The normalized spacial score (nSPS) is 7.50. The standard InChI is InChI=1S/C11H13N/c1-4-6-8-10-12(3)11-9-7-5-2/h4-5H,1-2,10-11H2,3H3. The third kappa shape index (κ3) is 6.68. The quantitative estimate of drug-likeness (QED) is 0.549. The molecule has 62 valence electrons. The average Bonchev–Trinajstić information content (AvgIpc) is 2.06. The Labute approximate surface area is 74.8 Å². The van der Waals surface area contributed by atoms with Gasteiger partial charge in [-0.15, -0.1) is 0 Å². The van der Waals surface area contributed by atoms with Crippen molar-refractivity contribution in [3.8, 4) is 23.7 Å². The Hall–Kier alpha value is -1.44. The van der Waals surface area contributed by atoms with E-state index in [-0.39, 0.29) is 0 Å². The minimum Gasteiger partial charge on any atom is -0.284 e. The van der Waals surface area contributed by atoms with Crippen LogP contribution in [0.3, 0.4) is 0 Å². The Morgan fingerprint density at radius 3 is 1.83 bits per heavy atom. The Morgan fingerprint density at radius 2 is 1.50 bits per heavy atom. The van der Waals surface area contributed by atoms with Crippen LogP contribution in [-0.4, -0.2) is 25.0 Å². The first-order valence-corrected chi connectivity index (χ1v) is 3.68. The van der Waals surface area contributed by atoms with Crippen molar-refractivity contribution in [1.29, 1.82) is 0 Å². The minimum atomic E-state index is 0.720. The summed E-state index contributed by atoms with van der Waals surface area (Å²) >= 11 is 0. The molecular weight excluding hydrogens is 146 g/mol. The van der Waals surface area contributed by atoms with Gasteiger partial charge in [-0.3, -0.25) is 4.90 Å². The number of hydrogen-bond acceptors (Lipinski definition) is 1. The fourth-order valence-corrected chi connectivity index (χ4v) is 0.561. The maximum atomic E-state index is 3.50. The van der Waals surface area contributed by atoms with Gasteiger partial charge >= 0.3 is 0 Å². The van der Waals surface area contributed by atoms with Gasteiger partial charge in [0.25, 0.3) is 0 Å². The lowest BCUT2D eigenvalue weighted by molar-refractivity contribution is 0.425. The first-order chi connectivity index (χ1) is 5.81. The van der Waals surface area contributed by atoms with Crippen molar-refractivity contribution in [3.05, 3.63) is 25.3 Å². The predicted octanol–water partition coefficient (Wildman–Crippen LogP) is 1.30. The van der Waals surface area contributed by atoms with Gasteiger partial charge in [0.1, 0.15) is 0 Å². The van der Waals surface area contributed by atoms with Crippen molar-refractivity contribution in [2.75, 3.05) is 20.1 Å². The van der Waals surface area contributed by atoms with Crippen LogP contribution >= 0.6 is 0 Å². The summed E-state index contributed by atoms with van der Waals surface area (Å²) in [6.45, 7) is 8.44. The zero-order valence-corrected chi connectivity index (χ0v) is 7.43. The molecule has 12 heavy (non-hydrogen) atoms. The van der Waals surface area contributed by atoms with Gasteiger partial charge in [0.15, 0.2) is 0 Å². The van der Waals surface area contributed by atoms with Crippen LogP contribution in [0.5, 0.6) is 0 Å². The van der Waals surface area contributed by atoms with Crippen LogP contribution in [0.4, 0.5) is 0 Å². The number of allylic oxidation sites excluding steroid dienone is 2. The summed E-state index contributed by atoms with van der Waals surface area (Å²) < 4.78 is 0. The molecule has 0 atom stereocenters. The highest BCUT2D eigenvalue weighted by Crippen LogP contribution is 1.77. The zero-order valence-electron chi connectivity index (χ0n) is 7.43. The monoisotopic (exact) mass is 159 g/mol. The summed E-state index contributed by atoms with van der Waals surface area (Å²) in [6, 6.07) is 0. The molecule has 0 N–H and O–H groups in total. The van der Waals surface area contributed by atoms with Crippen molar-refractivity contribution in [2.45, 2.75) is 0 Å². The number of hydrogen-bond donors (Lipinski definition) is 0. The highest BCUT2D eigenvalue weighted by atomic mass is 15.1. The molecule has 0 radical (unpaired) electrons. The fourth-order valence-electron chi connectivity index (χ4n) is 0.561. The zero-order chi connectivity index (χ0) is 9.23. The van der Waals surface area contributed by atoms with Gasteiger partial charge in [0, 0.05) is 0 Å². The summed E-state index contributed by atoms with van der Waals surface area (Å²) in [5, 5.41) is 0. The van der Waals surface area contributed by atoms with Crippen molar-refractivity contribution in [1.82, 2.24) is 4.90 Å². The predicted molar refractivity (Wildman–Crippen MR) is 53.4 cm³/mol. The van der Waals surface area contributed by atoms with Crippen LogP contribution < -0.4 is 0 Å². The van der Waals surface area contributed by atoms with Crippen molar-refractivity contribution < 1.29 is 0 Å². The average molecular weight is 159 g/mol. The smallest absolute Gasteiger partial charge is 0.0610 e. The number of nitrogens with zero attached hydrogens (tertiary/aromatic N) is 1. The van der Waals surface area contributed by atoms with Crippen LogP contribution in [0, 0.1) is 23.7 Å². The lowest BCUT2D eigenvalue weighted by atomic mass is 10.4. The SMILES string of the molecule is C=CC#CCN(C)CC#CC=C. The molecule has 1 nitrogen and oxygen atoms in total. The first-order valence-electron chi connectivity index (χ1n) is 3.68. The summed E-state index contributed by atoms with van der Waals surface area (Å²) in [5.41, 5.74) is 0. The summed E-state index contributed by atoms with van der Waals surface area (Å²) in [4.78, 5) is 2.02. The van der Waals surface area contributed by atoms with Crippen LogP contribution in [0.1, 0.15) is 0 Å². The molecule has 0 rings (SSSR count). The molecule has 0 aromatic heterocycles. The molecule has 0 bridgehead atoms. The van der Waals surface area contributed by atoms with E-state index in [9.17, 15) is 0 Å². The molecule has 0 aliphatic heterocycles. The van der Waals surface area contributed by atoms with Gasteiger partial charge < -0.3 is 0 Å². The van der Waals surface area contributed by atoms with E-state index in [0.717, 1.165) is 13.1 Å². The van der Waals surface area contributed by atoms with Crippen LogP contribution in [0.15, 0.2) is 25.3 Å². The van der Waals surface area contributed by atoms with Crippen molar-refractivity contribution in [2.24, 2.45) is 0 Å². The molecule has 0 fully saturated rings. The van der Waals surface area contributed by atoms with E-state index in [1.54, 1.807) is 12.2 Å². The van der Waals surface area contributed by atoms with Crippen LogP contribution in [-0.2, 0) is 0 Å². The van der Waals surface area contributed by atoms with Gasteiger partial charge in [-0.2, -0.15) is 0 Å². The second-order valence-corrected chi connectivity index (χ2v) is 2.22. The molecule has 0 unspecified atom stereocenters. The second kappa shape index (κ2) is 7.66. The minimum absolute atomic E-state index is 0.720. The molecule has 0 saturated heterocycles. The van der Waals surface area contributed by atoms with E-state index in [2.05, 4.69) is 36.8 Å². The van der Waals surface area contributed by atoms with Crippen molar-refractivity contribution >= 4 is 0 Å². The summed E-state index contributed by atoms with van der Waals surface area (Å²) in [7, 11) is 1.97. The van der Waals surface area contributed by atoms with E-state index in [1.165, 1.54) is 0 Å². The molecule has 0 spiro atoms. The van der Waals surface area contributed by atoms with E-state index in [0.29, 0.717) is 0 Å². The molecule has 0 aromatic rings. The van der Waals surface area contributed by atoms with Crippen molar-refractivity contribution in [3.63, 3.8) is 0 Å². The molecule has 0 aliphatic rings. The third-order valence-electron chi connectivity index (χ3n) is 1.11. The Balaban J connectivity index is 3.65. The van der Waals surface area contributed by atoms with E-state index in [1.807, 2.05) is 11.9 Å². The lowest BCUT2D eigenvalue weighted by Gasteiger charge is -2.06. The first kappa shape index (κ1) is 10.6. The molecule has 0 amide bonds. The van der Waals surface area contributed by atoms with Gasteiger partial charge in [0.2, 0.25) is 0 Å². The molecule has 0 saturated carbocycles. The summed E-state index contributed by atoms with van der Waals surface area (Å²) in [5.74, 6) is 11.4. The Kier molecular flexibility index (Phi) is 6.74. The molecule has 0 aliphatic carbocycles. The molecular formula is C11H13N. The molecule has 1 heteroatoms. The van der Waals surface area contributed by atoms with Crippen LogP contribution in [0.2, 0.25) is 0 Å². The molecule has 0 heterocycles. The van der Waals surface area contributed by atoms with E-state index < -0.39 is 0 Å².